The topological polar surface area (TPSA) is 71.2 Å². The number of hydrogen-bond donors (Lipinski definition) is 2. The maximum Gasteiger partial charge on any atom is 0.355 e. The number of carbonyl (C=O) groups is 2. The van der Waals surface area contributed by atoms with E-state index in [0.717, 1.165) is 11.1 Å². The lowest BCUT2D eigenvalue weighted by atomic mass is 9.98. The predicted molar refractivity (Wildman–Crippen MR) is 108 cm³/mol. The van der Waals surface area contributed by atoms with Gasteiger partial charge in [0.15, 0.2) is 0 Å². The predicted octanol–water partition coefficient (Wildman–Crippen LogP) is 4.33. The van der Waals surface area contributed by atoms with Gasteiger partial charge in [-0.1, -0.05) is 60.7 Å². The molecule has 0 spiro atoms. The number of ether oxygens (including phenoxy) is 1. The van der Waals surface area contributed by atoms with Crippen LogP contribution in [0.15, 0.2) is 60.7 Å². The fourth-order valence-corrected chi connectivity index (χ4v) is 3.35. The van der Waals surface area contributed by atoms with Gasteiger partial charge in [0, 0.05) is 5.69 Å². The summed E-state index contributed by atoms with van der Waals surface area (Å²) < 4.78 is 5.07. The van der Waals surface area contributed by atoms with Gasteiger partial charge in [-0.15, -0.1) is 0 Å². The first-order valence-corrected chi connectivity index (χ1v) is 9.30. The third kappa shape index (κ3) is 3.98. The van der Waals surface area contributed by atoms with E-state index in [1.807, 2.05) is 60.7 Å². The SMILES string of the molecule is CCOC(=O)c1[nH]c(C)c(C(=O)NC(c2ccccc2)c2ccccc2)c1C. The van der Waals surface area contributed by atoms with E-state index in [-0.39, 0.29) is 18.6 Å². The van der Waals surface area contributed by atoms with E-state index in [9.17, 15) is 9.59 Å². The molecule has 144 valence electrons. The second-order valence-electron chi connectivity index (χ2n) is 6.57. The zero-order valence-corrected chi connectivity index (χ0v) is 16.3. The van der Waals surface area contributed by atoms with Gasteiger partial charge >= 0.3 is 5.97 Å². The highest BCUT2D eigenvalue weighted by Gasteiger charge is 2.25. The summed E-state index contributed by atoms with van der Waals surface area (Å²) in [5, 5.41) is 3.12. The molecule has 0 aliphatic heterocycles. The van der Waals surface area contributed by atoms with Gasteiger partial charge in [0.2, 0.25) is 0 Å². The monoisotopic (exact) mass is 376 g/mol. The van der Waals surface area contributed by atoms with Gasteiger partial charge in [0.05, 0.1) is 18.2 Å². The van der Waals surface area contributed by atoms with Crippen LogP contribution in [-0.4, -0.2) is 23.5 Å². The minimum Gasteiger partial charge on any atom is -0.461 e. The first-order chi connectivity index (χ1) is 13.5. The molecule has 5 heteroatoms. The molecule has 0 bridgehead atoms. The molecule has 2 aromatic carbocycles. The minimum absolute atomic E-state index is 0.237. The smallest absolute Gasteiger partial charge is 0.355 e. The molecule has 0 radical (unpaired) electrons. The molecule has 0 saturated carbocycles. The zero-order valence-electron chi connectivity index (χ0n) is 16.3. The largest absolute Gasteiger partial charge is 0.461 e. The van der Waals surface area contributed by atoms with Crippen LogP contribution < -0.4 is 5.32 Å². The molecular formula is C23H24N2O3. The van der Waals surface area contributed by atoms with Gasteiger partial charge in [-0.2, -0.15) is 0 Å². The number of aryl methyl sites for hydroxylation is 1. The number of esters is 1. The fraction of sp³-hybridized carbons (Fsp3) is 0.217. The van der Waals surface area contributed by atoms with Crippen molar-refractivity contribution in [1.29, 1.82) is 0 Å². The summed E-state index contributed by atoms with van der Waals surface area (Å²) in [7, 11) is 0. The molecule has 0 atom stereocenters. The molecule has 3 rings (SSSR count). The average molecular weight is 376 g/mol. The van der Waals surface area contributed by atoms with E-state index in [2.05, 4.69) is 10.3 Å². The number of rotatable bonds is 6. The van der Waals surface area contributed by atoms with Crippen LogP contribution in [-0.2, 0) is 4.74 Å². The Balaban J connectivity index is 1.94. The van der Waals surface area contributed by atoms with Crippen LogP contribution in [0.3, 0.4) is 0 Å². The third-order valence-corrected chi connectivity index (χ3v) is 4.69. The molecule has 0 aliphatic rings. The Kier molecular flexibility index (Phi) is 5.94. The summed E-state index contributed by atoms with van der Waals surface area (Å²) in [5.74, 6) is -0.690. The first kappa shape index (κ1) is 19.4. The van der Waals surface area contributed by atoms with Crippen molar-refractivity contribution < 1.29 is 14.3 Å². The lowest BCUT2D eigenvalue weighted by molar-refractivity contribution is 0.0519. The maximum absolute atomic E-state index is 13.2. The van der Waals surface area contributed by atoms with Gasteiger partial charge in [0.1, 0.15) is 5.69 Å². The molecule has 1 heterocycles. The van der Waals surface area contributed by atoms with Crippen LogP contribution in [0.25, 0.3) is 0 Å². The molecule has 3 aromatic rings. The lowest BCUT2D eigenvalue weighted by Gasteiger charge is -2.20. The quantitative estimate of drug-likeness (QED) is 0.629. The molecule has 1 aromatic heterocycles. The van der Waals surface area contributed by atoms with E-state index in [4.69, 9.17) is 4.74 Å². The molecule has 1 amide bonds. The Labute approximate surface area is 164 Å². The van der Waals surface area contributed by atoms with E-state index >= 15 is 0 Å². The number of aromatic nitrogens is 1. The summed E-state index contributed by atoms with van der Waals surface area (Å²) in [6, 6.07) is 19.3. The van der Waals surface area contributed by atoms with Crippen molar-refractivity contribution in [2.45, 2.75) is 26.8 Å². The average Bonchev–Trinajstić information content (AvgIpc) is 3.02. The highest BCUT2D eigenvalue weighted by molar-refractivity contribution is 6.01. The Morgan fingerprint density at radius 1 is 0.964 bits per heavy atom. The van der Waals surface area contributed by atoms with Crippen LogP contribution in [0, 0.1) is 13.8 Å². The second kappa shape index (κ2) is 8.57. The Hall–Kier alpha value is -3.34. The van der Waals surface area contributed by atoms with Gasteiger partial charge < -0.3 is 15.0 Å². The molecule has 0 aliphatic carbocycles. The third-order valence-electron chi connectivity index (χ3n) is 4.69. The van der Waals surface area contributed by atoms with Gasteiger partial charge in [0.25, 0.3) is 5.91 Å². The number of amides is 1. The van der Waals surface area contributed by atoms with Crippen LogP contribution in [0.1, 0.15) is 56.2 Å². The van der Waals surface area contributed by atoms with E-state index in [1.165, 1.54) is 0 Å². The molecule has 28 heavy (non-hydrogen) atoms. The lowest BCUT2D eigenvalue weighted by Crippen LogP contribution is -2.30. The number of benzene rings is 2. The van der Waals surface area contributed by atoms with Crippen LogP contribution in [0.5, 0.6) is 0 Å². The number of H-pyrrole nitrogens is 1. The summed E-state index contributed by atoms with van der Waals surface area (Å²) in [6.07, 6.45) is 0. The van der Waals surface area contributed by atoms with Crippen molar-refractivity contribution in [1.82, 2.24) is 10.3 Å². The van der Waals surface area contributed by atoms with Gasteiger partial charge in [-0.25, -0.2) is 4.79 Å². The highest BCUT2D eigenvalue weighted by Crippen LogP contribution is 2.24. The minimum atomic E-state index is -0.454. The van der Waals surface area contributed by atoms with Crippen LogP contribution in [0.4, 0.5) is 0 Å². The molecule has 2 N–H and O–H groups in total. The maximum atomic E-state index is 13.2. The number of carbonyl (C=O) groups excluding carboxylic acids is 2. The summed E-state index contributed by atoms with van der Waals surface area (Å²) in [6.45, 7) is 5.57. The van der Waals surface area contributed by atoms with Crippen LogP contribution >= 0.6 is 0 Å². The van der Waals surface area contributed by atoms with Crippen LogP contribution in [0.2, 0.25) is 0 Å². The second-order valence-corrected chi connectivity index (χ2v) is 6.57. The first-order valence-electron chi connectivity index (χ1n) is 9.30. The van der Waals surface area contributed by atoms with Crippen molar-refractivity contribution in [2.24, 2.45) is 0 Å². The number of nitrogens with one attached hydrogen (secondary N) is 2. The number of aromatic amines is 1. The Morgan fingerprint density at radius 2 is 1.50 bits per heavy atom. The Morgan fingerprint density at radius 3 is 2.00 bits per heavy atom. The standard InChI is InChI=1S/C23H24N2O3/c1-4-28-23(27)20-15(2)19(16(3)24-20)22(26)25-21(17-11-7-5-8-12-17)18-13-9-6-10-14-18/h5-14,21,24H,4H2,1-3H3,(H,25,26). The highest BCUT2D eigenvalue weighted by atomic mass is 16.5. The zero-order chi connectivity index (χ0) is 20.1. The molecule has 0 unspecified atom stereocenters. The van der Waals surface area contributed by atoms with Crippen molar-refractivity contribution in [3.63, 3.8) is 0 Å². The summed E-state index contributed by atoms with van der Waals surface area (Å²) in [5.41, 5.74) is 3.99. The van der Waals surface area contributed by atoms with Gasteiger partial charge in [-0.05, 0) is 37.5 Å². The van der Waals surface area contributed by atoms with E-state index in [1.54, 1.807) is 20.8 Å². The molecule has 0 saturated heterocycles. The van der Waals surface area contributed by atoms with Crippen molar-refractivity contribution in [3.05, 3.63) is 94.3 Å². The van der Waals surface area contributed by atoms with Crippen molar-refractivity contribution >= 4 is 11.9 Å². The molecule has 0 fully saturated rings. The Bertz CT molecular complexity index is 923. The molecule has 5 nitrogen and oxygen atoms in total. The number of hydrogen-bond acceptors (Lipinski definition) is 3. The summed E-state index contributed by atoms with van der Waals surface area (Å²) >= 11 is 0. The van der Waals surface area contributed by atoms with Crippen molar-refractivity contribution in [2.75, 3.05) is 6.61 Å². The normalized spacial score (nSPS) is 10.7. The molecular weight excluding hydrogens is 352 g/mol. The van der Waals surface area contributed by atoms with Gasteiger partial charge in [-0.3, -0.25) is 4.79 Å². The fourth-order valence-electron chi connectivity index (χ4n) is 3.35. The summed E-state index contributed by atoms with van der Waals surface area (Å²) in [4.78, 5) is 28.3. The van der Waals surface area contributed by atoms with E-state index in [0.29, 0.717) is 22.5 Å². The van der Waals surface area contributed by atoms with Crippen molar-refractivity contribution in [3.8, 4) is 0 Å². The van der Waals surface area contributed by atoms with E-state index < -0.39 is 5.97 Å².